The Morgan fingerprint density at radius 2 is 1.86 bits per heavy atom. The molecule has 0 bridgehead atoms. The van der Waals surface area contributed by atoms with Crippen molar-refractivity contribution < 1.29 is 9.59 Å². The summed E-state index contributed by atoms with van der Waals surface area (Å²) in [5, 5.41) is 3.05. The quantitative estimate of drug-likeness (QED) is 0.644. The second-order valence-corrected chi connectivity index (χ2v) is 5.59. The highest BCUT2D eigenvalue weighted by Gasteiger charge is 2.27. The summed E-state index contributed by atoms with van der Waals surface area (Å²) < 4.78 is 0. The smallest absolute Gasteiger partial charge is 0.222 e. The van der Waals surface area contributed by atoms with Gasteiger partial charge in [-0.1, -0.05) is 30.3 Å². The van der Waals surface area contributed by atoms with Crippen LogP contribution in [0.2, 0.25) is 0 Å². The zero-order valence-corrected chi connectivity index (χ0v) is 12.7. The van der Waals surface area contributed by atoms with E-state index in [1.165, 1.54) is 0 Å². The fourth-order valence-corrected chi connectivity index (χ4v) is 2.80. The topological polar surface area (TPSA) is 49.4 Å². The van der Waals surface area contributed by atoms with Gasteiger partial charge in [0.25, 0.3) is 0 Å². The van der Waals surface area contributed by atoms with Crippen LogP contribution in [0.15, 0.2) is 30.3 Å². The SMILES string of the molecule is CNCCCC(=O)N1CCC(C(=O)c2ccccc2)CC1. The molecule has 2 rings (SSSR count). The number of carbonyl (C=O) groups excluding carboxylic acids is 2. The Morgan fingerprint density at radius 3 is 2.48 bits per heavy atom. The molecule has 1 fully saturated rings. The summed E-state index contributed by atoms with van der Waals surface area (Å²) in [5.41, 5.74) is 0.788. The Balaban J connectivity index is 1.80. The van der Waals surface area contributed by atoms with Crippen molar-refractivity contribution in [1.82, 2.24) is 10.2 Å². The third-order valence-corrected chi connectivity index (χ3v) is 4.09. The maximum Gasteiger partial charge on any atom is 0.222 e. The average molecular weight is 288 g/mol. The van der Waals surface area contributed by atoms with Gasteiger partial charge < -0.3 is 10.2 Å². The zero-order chi connectivity index (χ0) is 15.1. The summed E-state index contributed by atoms with van der Waals surface area (Å²) in [6, 6.07) is 9.46. The molecule has 4 nitrogen and oxygen atoms in total. The number of nitrogens with zero attached hydrogens (tertiary/aromatic N) is 1. The first-order chi connectivity index (χ1) is 10.2. The third-order valence-electron chi connectivity index (χ3n) is 4.09. The number of likely N-dealkylation sites (tertiary alicyclic amines) is 1. The van der Waals surface area contributed by atoms with E-state index < -0.39 is 0 Å². The molecule has 0 aliphatic carbocycles. The van der Waals surface area contributed by atoms with Gasteiger partial charge in [-0.2, -0.15) is 0 Å². The Bertz CT molecular complexity index is 465. The lowest BCUT2D eigenvalue weighted by Gasteiger charge is -2.31. The molecule has 114 valence electrons. The third kappa shape index (κ3) is 4.39. The van der Waals surface area contributed by atoms with Gasteiger partial charge in [0.2, 0.25) is 5.91 Å². The molecule has 4 heteroatoms. The monoisotopic (exact) mass is 288 g/mol. The molecule has 1 aliphatic rings. The predicted octanol–water partition coefficient (Wildman–Crippen LogP) is 2.11. The minimum Gasteiger partial charge on any atom is -0.343 e. The second kappa shape index (κ2) is 7.93. The van der Waals surface area contributed by atoms with Crippen molar-refractivity contribution in [2.75, 3.05) is 26.7 Å². The van der Waals surface area contributed by atoms with Gasteiger partial charge in [-0.05, 0) is 32.9 Å². The van der Waals surface area contributed by atoms with Gasteiger partial charge in [0, 0.05) is 31.0 Å². The molecule has 0 radical (unpaired) electrons. The highest BCUT2D eigenvalue weighted by atomic mass is 16.2. The van der Waals surface area contributed by atoms with E-state index in [1.54, 1.807) is 0 Å². The molecule has 0 saturated carbocycles. The highest BCUT2D eigenvalue weighted by molar-refractivity contribution is 5.98. The number of Topliss-reactive ketones (excluding diaryl/α,β-unsaturated/α-hetero) is 1. The van der Waals surface area contributed by atoms with Crippen LogP contribution >= 0.6 is 0 Å². The van der Waals surface area contributed by atoms with Crippen molar-refractivity contribution in [3.05, 3.63) is 35.9 Å². The van der Waals surface area contributed by atoms with Crippen LogP contribution in [0.1, 0.15) is 36.0 Å². The van der Waals surface area contributed by atoms with Crippen LogP contribution in [0.5, 0.6) is 0 Å². The van der Waals surface area contributed by atoms with E-state index in [2.05, 4.69) is 5.32 Å². The fourth-order valence-electron chi connectivity index (χ4n) is 2.80. The van der Waals surface area contributed by atoms with Gasteiger partial charge in [-0.15, -0.1) is 0 Å². The number of nitrogens with one attached hydrogen (secondary N) is 1. The van der Waals surface area contributed by atoms with Crippen molar-refractivity contribution >= 4 is 11.7 Å². The molecular formula is C17H24N2O2. The predicted molar refractivity (Wildman–Crippen MR) is 83.2 cm³/mol. The van der Waals surface area contributed by atoms with Crippen LogP contribution in [0.3, 0.4) is 0 Å². The Kier molecular flexibility index (Phi) is 5.93. The van der Waals surface area contributed by atoms with Gasteiger partial charge in [-0.3, -0.25) is 9.59 Å². The summed E-state index contributed by atoms with van der Waals surface area (Å²) in [7, 11) is 1.89. The molecule has 1 saturated heterocycles. The standard InChI is InChI=1S/C17H24N2O2/c1-18-11-5-8-16(20)19-12-9-15(10-13-19)17(21)14-6-3-2-4-7-14/h2-4,6-7,15,18H,5,8-13H2,1H3. The van der Waals surface area contributed by atoms with Gasteiger partial charge >= 0.3 is 0 Å². The van der Waals surface area contributed by atoms with Crippen molar-refractivity contribution in [2.45, 2.75) is 25.7 Å². The Morgan fingerprint density at radius 1 is 1.19 bits per heavy atom. The van der Waals surface area contributed by atoms with E-state index in [0.717, 1.165) is 31.4 Å². The molecule has 1 amide bonds. The minimum atomic E-state index is 0.0637. The van der Waals surface area contributed by atoms with Crippen molar-refractivity contribution in [1.29, 1.82) is 0 Å². The number of carbonyl (C=O) groups is 2. The van der Waals surface area contributed by atoms with E-state index in [1.807, 2.05) is 42.3 Å². The summed E-state index contributed by atoms with van der Waals surface area (Å²) in [6.45, 7) is 2.29. The number of amides is 1. The normalized spacial score (nSPS) is 16.0. The Labute approximate surface area is 126 Å². The van der Waals surface area contributed by atoms with Gasteiger partial charge in [0.15, 0.2) is 5.78 Å². The lowest BCUT2D eigenvalue weighted by Crippen LogP contribution is -2.40. The van der Waals surface area contributed by atoms with Crippen molar-refractivity contribution in [3.8, 4) is 0 Å². The van der Waals surface area contributed by atoms with Crippen LogP contribution in [-0.2, 0) is 4.79 Å². The molecule has 1 aromatic carbocycles. The molecule has 0 spiro atoms. The molecule has 0 atom stereocenters. The van der Waals surface area contributed by atoms with E-state index >= 15 is 0 Å². The second-order valence-electron chi connectivity index (χ2n) is 5.59. The first kappa shape index (κ1) is 15.7. The number of hydrogen-bond acceptors (Lipinski definition) is 3. The number of piperidine rings is 1. The highest BCUT2D eigenvalue weighted by Crippen LogP contribution is 2.22. The summed E-state index contributed by atoms with van der Waals surface area (Å²) in [4.78, 5) is 26.3. The average Bonchev–Trinajstić information content (AvgIpc) is 2.55. The molecule has 1 aliphatic heterocycles. The number of rotatable bonds is 6. The van der Waals surface area contributed by atoms with Gasteiger partial charge in [-0.25, -0.2) is 0 Å². The van der Waals surface area contributed by atoms with Crippen LogP contribution in [-0.4, -0.2) is 43.3 Å². The van der Waals surface area contributed by atoms with E-state index in [-0.39, 0.29) is 17.6 Å². The maximum absolute atomic E-state index is 12.4. The maximum atomic E-state index is 12.4. The summed E-state index contributed by atoms with van der Waals surface area (Å²) in [6.07, 6.45) is 3.04. The van der Waals surface area contributed by atoms with Crippen LogP contribution in [0.25, 0.3) is 0 Å². The van der Waals surface area contributed by atoms with Crippen molar-refractivity contribution in [3.63, 3.8) is 0 Å². The minimum absolute atomic E-state index is 0.0637. The Hall–Kier alpha value is -1.68. The summed E-state index contributed by atoms with van der Waals surface area (Å²) in [5.74, 6) is 0.502. The first-order valence-corrected chi connectivity index (χ1v) is 7.74. The molecular weight excluding hydrogens is 264 g/mol. The molecule has 0 unspecified atom stereocenters. The van der Waals surface area contributed by atoms with E-state index in [4.69, 9.17) is 0 Å². The molecule has 0 aromatic heterocycles. The fraction of sp³-hybridized carbons (Fsp3) is 0.529. The molecule has 1 heterocycles. The lowest BCUT2D eigenvalue weighted by atomic mass is 9.89. The van der Waals surface area contributed by atoms with Crippen LogP contribution in [0.4, 0.5) is 0 Å². The summed E-state index contributed by atoms with van der Waals surface area (Å²) >= 11 is 0. The van der Waals surface area contributed by atoms with Crippen molar-refractivity contribution in [2.24, 2.45) is 5.92 Å². The van der Waals surface area contributed by atoms with Gasteiger partial charge in [0.1, 0.15) is 0 Å². The largest absolute Gasteiger partial charge is 0.343 e. The molecule has 1 aromatic rings. The number of hydrogen-bond donors (Lipinski definition) is 1. The van der Waals surface area contributed by atoms with Crippen LogP contribution in [0, 0.1) is 5.92 Å². The molecule has 1 N–H and O–H groups in total. The number of ketones is 1. The van der Waals surface area contributed by atoms with Crippen LogP contribution < -0.4 is 5.32 Å². The lowest BCUT2D eigenvalue weighted by molar-refractivity contribution is -0.132. The van der Waals surface area contributed by atoms with Gasteiger partial charge in [0.05, 0.1) is 0 Å². The molecule has 21 heavy (non-hydrogen) atoms. The van der Waals surface area contributed by atoms with E-state index in [0.29, 0.717) is 19.5 Å². The zero-order valence-electron chi connectivity index (χ0n) is 12.7. The number of benzene rings is 1. The first-order valence-electron chi connectivity index (χ1n) is 7.74. The van der Waals surface area contributed by atoms with E-state index in [9.17, 15) is 9.59 Å².